The number of nitrogens with one attached hydrogen (secondary N) is 1. The van der Waals surface area contributed by atoms with E-state index in [2.05, 4.69) is 4.72 Å². The van der Waals surface area contributed by atoms with Gasteiger partial charge in [-0.2, -0.15) is 12.7 Å². The van der Waals surface area contributed by atoms with Crippen LogP contribution in [0.4, 0.5) is 0 Å². The first-order valence-electron chi connectivity index (χ1n) is 5.94. The van der Waals surface area contributed by atoms with Crippen molar-refractivity contribution in [2.24, 2.45) is 5.41 Å². The Bertz CT molecular complexity index is 332. The topological polar surface area (TPSA) is 69.6 Å². The summed E-state index contributed by atoms with van der Waals surface area (Å²) in [4.78, 5) is 0. The van der Waals surface area contributed by atoms with E-state index in [1.165, 1.54) is 4.31 Å². The summed E-state index contributed by atoms with van der Waals surface area (Å²) in [7, 11) is -3.31. The van der Waals surface area contributed by atoms with Crippen LogP contribution in [0.3, 0.4) is 0 Å². The molecule has 1 heterocycles. The minimum absolute atomic E-state index is 0.0789. The van der Waals surface area contributed by atoms with Gasteiger partial charge in [-0.1, -0.05) is 6.42 Å². The Balaban J connectivity index is 1.87. The number of rotatable bonds is 5. The number of aliphatic hydroxyl groups is 1. The van der Waals surface area contributed by atoms with Crippen LogP contribution >= 0.6 is 0 Å². The van der Waals surface area contributed by atoms with Crippen LogP contribution in [-0.4, -0.2) is 44.1 Å². The third kappa shape index (κ3) is 2.74. The van der Waals surface area contributed by atoms with Crippen molar-refractivity contribution in [3.63, 3.8) is 0 Å². The quantitative estimate of drug-likeness (QED) is 0.724. The van der Waals surface area contributed by atoms with Gasteiger partial charge in [0, 0.05) is 31.7 Å². The van der Waals surface area contributed by atoms with E-state index in [1.54, 1.807) is 0 Å². The van der Waals surface area contributed by atoms with E-state index in [9.17, 15) is 8.42 Å². The molecular formula is C10H20N2O3S. The minimum Gasteiger partial charge on any atom is -0.396 e. The highest BCUT2D eigenvalue weighted by atomic mass is 32.2. The van der Waals surface area contributed by atoms with Crippen molar-refractivity contribution in [3.8, 4) is 0 Å². The van der Waals surface area contributed by atoms with Gasteiger partial charge in [0.1, 0.15) is 0 Å². The average molecular weight is 248 g/mol. The summed E-state index contributed by atoms with van der Waals surface area (Å²) in [6, 6.07) is 0. The van der Waals surface area contributed by atoms with Crippen LogP contribution in [0.1, 0.15) is 32.1 Å². The summed E-state index contributed by atoms with van der Waals surface area (Å²) in [6.07, 6.45) is 4.86. The number of piperidine rings is 1. The van der Waals surface area contributed by atoms with Crippen LogP contribution in [0.2, 0.25) is 0 Å². The minimum atomic E-state index is -3.31. The zero-order valence-corrected chi connectivity index (χ0v) is 10.3. The maximum absolute atomic E-state index is 11.9. The molecule has 2 fully saturated rings. The summed E-state index contributed by atoms with van der Waals surface area (Å²) in [5.74, 6) is 0. The second-order valence-corrected chi connectivity index (χ2v) is 6.70. The van der Waals surface area contributed by atoms with E-state index in [4.69, 9.17) is 5.11 Å². The maximum Gasteiger partial charge on any atom is 0.279 e. The molecule has 0 bridgehead atoms. The Morgan fingerprint density at radius 2 is 1.81 bits per heavy atom. The first kappa shape index (κ1) is 12.3. The third-order valence-corrected chi connectivity index (χ3v) is 5.13. The van der Waals surface area contributed by atoms with E-state index in [0.717, 1.165) is 32.1 Å². The Kier molecular flexibility index (Phi) is 3.53. The number of aliphatic hydroxyl groups excluding tert-OH is 1. The van der Waals surface area contributed by atoms with Crippen LogP contribution in [-0.2, 0) is 10.2 Å². The fourth-order valence-corrected chi connectivity index (χ4v) is 3.42. The second-order valence-electron chi connectivity index (χ2n) is 4.94. The molecule has 5 nitrogen and oxygen atoms in total. The zero-order valence-electron chi connectivity index (χ0n) is 9.48. The lowest BCUT2D eigenvalue weighted by Gasteiger charge is -2.26. The lowest BCUT2D eigenvalue weighted by Crippen LogP contribution is -2.45. The standard InChI is InChI=1S/C10H20N2O3S/c13-9-10(4-5-10)8-11-16(14,15)12-6-2-1-3-7-12/h11,13H,1-9H2. The number of hydrogen-bond acceptors (Lipinski definition) is 3. The average Bonchev–Trinajstić information content (AvgIpc) is 3.09. The monoisotopic (exact) mass is 248 g/mol. The second kappa shape index (κ2) is 4.60. The fourth-order valence-electron chi connectivity index (χ4n) is 2.01. The zero-order chi connectivity index (χ0) is 11.6. The van der Waals surface area contributed by atoms with E-state index in [1.807, 2.05) is 0 Å². The van der Waals surface area contributed by atoms with Gasteiger partial charge in [0.2, 0.25) is 0 Å². The molecule has 2 aliphatic rings. The lowest BCUT2D eigenvalue weighted by atomic mass is 10.1. The number of nitrogens with zero attached hydrogens (tertiary/aromatic N) is 1. The molecule has 1 aliphatic carbocycles. The summed E-state index contributed by atoms with van der Waals surface area (Å²) in [5.41, 5.74) is -0.164. The van der Waals surface area contributed by atoms with Gasteiger partial charge in [0.15, 0.2) is 0 Å². The highest BCUT2D eigenvalue weighted by Crippen LogP contribution is 2.44. The van der Waals surface area contributed by atoms with Gasteiger partial charge < -0.3 is 5.11 Å². The predicted octanol–water partition coefficient (Wildman–Crippen LogP) is 0.0792. The van der Waals surface area contributed by atoms with Crippen molar-refractivity contribution < 1.29 is 13.5 Å². The van der Waals surface area contributed by atoms with Gasteiger partial charge >= 0.3 is 0 Å². The van der Waals surface area contributed by atoms with Gasteiger partial charge in [-0.15, -0.1) is 0 Å². The number of hydrogen-bond donors (Lipinski definition) is 2. The molecular weight excluding hydrogens is 228 g/mol. The van der Waals surface area contributed by atoms with Crippen LogP contribution in [0, 0.1) is 5.41 Å². The molecule has 2 rings (SSSR count). The molecule has 0 radical (unpaired) electrons. The van der Waals surface area contributed by atoms with Crippen LogP contribution < -0.4 is 4.72 Å². The van der Waals surface area contributed by atoms with E-state index in [-0.39, 0.29) is 12.0 Å². The molecule has 1 saturated heterocycles. The Hall–Kier alpha value is -0.170. The normalized spacial score (nSPS) is 25.6. The summed E-state index contributed by atoms with van der Waals surface area (Å²) < 4.78 is 28.0. The largest absolute Gasteiger partial charge is 0.396 e. The maximum atomic E-state index is 11.9. The first-order valence-corrected chi connectivity index (χ1v) is 7.38. The van der Waals surface area contributed by atoms with Gasteiger partial charge in [-0.25, -0.2) is 4.72 Å². The van der Waals surface area contributed by atoms with E-state index < -0.39 is 10.2 Å². The van der Waals surface area contributed by atoms with E-state index >= 15 is 0 Å². The van der Waals surface area contributed by atoms with Crippen molar-refractivity contribution in [1.29, 1.82) is 0 Å². The van der Waals surface area contributed by atoms with E-state index in [0.29, 0.717) is 19.6 Å². The SMILES string of the molecule is O=S(=O)(NCC1(CO)CC1)N1CCCCC1. The summed E-state index contributed by atoms with van der Waals surface area (Å²) >= 11 is 0. The van der Waals surface area contributed by atoms with Gasteiger partial charge in [0.25, 0.3) is 10.2 Å². The highest BCUT2D eigenvalue weighted by Gasteiger charge is 2.43. The first-order chi connectivity index (χ1) is 7.58. The van der Waals surface area contributed by atoms with Gasteiger partial charge in [-0.3, -0.25) is 0 Å². The van der Waals surface area contributed by atoms with Gasteiger partial charge in [0.05, 0.1) is 0 Å². The van der Waals surface area contributed by atoms with Crippen LogP contribution in [0.25, 0.3) is 0 Å². The van der Waals surface area contributed by atoms with Crippen LogP contribution in [0.15, 0.2) is 0 Å². The van der Waals surface area contributed by atoms with Crippen molar-refractivity contribution in [1.82, 2.24) is 9.03 Å². The molecule has 0 aromatic rings. The molecule has 0 aromatic carbocycles. The molecule has 0 spiro atoms. The predicted molar refractivity (Wildman–Crippen MR) is 61.1 cm³/mol. The van der Waals surface area contributed by atoms with Crippen molar-refractivity contribution in [3.05, 3.63) is 0 Å². The molecule has 0 atom stereocenters. The Morgan fingerprint density at radius 1 is 1.19 bits per heavy atom. The lowest BCUT2D eigenvalue weighted by molar-refractivity contribution is 0.212. The van der Waals surface area contributed by atoms with Crippen molar-refractivity contribution in [2.45, 2.75) is 32.1 Å². The molecule has 0 aromatic heterocycles. The van der Waals surface area contributed by atoms with Crippen molar-refractivity contribution in [2.75, 3.05) is 26.2 Å². The Morgan fingerprint density at radius 3 is 2.31 bits per heavy atom. The highest BCUT2D eigenvalue weighted by molar-refractivity contribution is 7.87. The van der Waals surface area contributed by atoms with Crippen molar-refractivity contribution >= 4 is 10.2 Å². The molecule has 6 heteroatoms. The smallest absolute Gasteiger partial charge is 0.279 e. The van der Waals surface area contributed by atoms with Crippen LogP contribution in [0.5, 0.6) is 0 Å². The molecule has 0 unspecified atom stereocenters. The van der Waals surface area contributed by atoms with Gasteiger partial charge in [-0.05, 0) is 25.7 Å². The molecule has 2 N–H and O–H groups in total. The molecule has 94 valence electrons. The summed E-state index contributed by atoms with van der Waals surface area (Å²) in [5, 5.41) is 9.12. The molecule has 16 heavy (non-hydrogen) atoms. The Labute approximate surface area is 97.0 Å². The molecule has 1 aliphatic heterocycles. The molecule has 0 amide bonds. The molecule has 1 saturated carbocycles. The third-order valence-electron chi connectivity index (χ3n) is 3.58. The summed E-state index contributed by atoms with van der Waals surface area (Å²) in [6.45, 7) is 1.71. The fraction of sp³-hybridized carbons (Fsp3) is 1.00.